The summed E-state index contributed by atoms with van der Waals surface area (Å²) in [6.45, 7) is 13.0. The molecule has 2 heterocycles. The van der Waals surface area contributed by atoms with E-state index in [0.29, 0.717) is 17.3 Å². The van der Waals surface area contributed by atoms with Gasteiger partial charge in [-0.25, -0.2) is 4.98 Å². The number of pyridine rings is 1. The van der Waals surface area contributed by atoms with E-state index in [1.807, 2.05) is 31.3 Å². The molecule has 0 spiro atoms. The average Bonchev–Trinajstić information content (AvgIpc) is 3.68. The molecule has 0 fully saturated rings. The molecule has 9 rings (SSSR count). The Kier molecular flexibility index (Phi) is 12.2. The fourth-order valence-electron chi connectivity index (χ4n) is 8.57. The maximum Gasteiger partial charge on any atom is 0.148 e. The van der Waals surface area contributed by atoms with Crippen molar-refractivity contribution in [1.82, 2.24) is 14.5 Å². The fourth-order valence-corrected chi connectivity index (χ4v) is 8.57. The molecular formula is C57H50N3OPt-. The molecule has 4 nitrogen and oxygen atoms in total. The molecule has 0 radical (unpaired) electrons. The van der Waals surface area contributed by atoms with Gasteiger partial charge in [-0.15, -0.1) is 29.3 Å². The molecule has 0 amide bonds. The first kappa shape index (κ1) is 42.3. The topological polar surface area (TPSA) is 50.9 Å². The summed E-state index contributed by atoms with van der Waals surface area (Å²) in [5.41, 5.74) is 18.6. The Morgan fingerprint density at radius 1 is 0.597 bits per heavy atom. The van der Waals surface area contributed by atoms with Crippen LogP contribution in [0.15, 0.2) is 164 Å². The Balaban J connectivity index is 0.00000529. The SMILES string of the molecule is Cc1cc(C)c(O)c(-c2nc3c(-c4[c-]c(-c5cc(-c6ccc(-c7ccccc7)cc6)ccn5)cc(C(C)C)c4)cccc3n2-c2ccc(-c3ccccc3)c(CC(C)C)c2)c1.[Pt]. The second-order valence-corrected chi connectivity index (χ2v) is 17.0. The summed E-state index contributed by atoms with van der Waals surface area (Å²) in [5, 5.41) is 11.7. The van der Waals surface area contributed by atoms with E-state index in [2.05, 4.69) is 185 Å². The summed E-state index contributed by atoms with van der Waals surface area (Å²) < 4.78 is 2.23. The fraction of sp³-hybridized carbons (Fsp3) is 0.158. The number of nitrogens with zero attached hydrogens (tertiary/aromatic N) is 3. The van der Waals surface area contributed by atoms with Crippen molar-refractivity contribution in [2.24, 2.45) is 5.92 Å². The normalized spacial score (nSPS) is 11.4. The van der Waals surface area contributed by atoms with Crippen LogP contribution in [0.25, 0.3) is 83.9 Å². The molecule has 0 bridgehead atoms. The third-order valence-electron chi connectivity index (χ3n) is 11.6. The van der Waals surface area contributed by atoms with E-state index in [1.165, 1.54) is 33.4 Å². The molecule has 0 aliphatic heterocycles. The summed E-state index contributed by atoms with van der Waals surface area (Å²) >= 11 is 0. The van der Waals surface area contributed by atoms with Gasteiger partial charge in [-0.3, -0.25) is 9.55 Å². The molecule has 2 aromatic heterocycles. The van der Waals surface area contributed by atoms with Crippen molar-refractivity contribution in [1.29, 1.82) is 0 Å². The Bertz CT molecular complexity index is 3020. The van der Waals surface area contributed by atoms with Gasteiger partial charge in [0.05, 0.1) is 16.6 Å². The van der Waals surface area contributed by atoms with Crippen LogP contribution in [0.1, 0.15) is 55.9 Å². The standard InChI is InChI=1S/C57H50N3O.Pt/c1-36(2)28-46-34-49(24-25-50(46)43-16-11-8-12-17-43)60-54-19-13-18-51(55(54)59-57(60)52-30-38(5)29-39(6)56(52)61)47-31-45(37(3)4)32-48(33-47)53-35-44(26-27-58-53)42-22-20-41(21-23-42)40-14-9-7-10-15-40;/h7-27,29-32,34-37,61H,28H2,1-6H3;/q-1;. The van der Waals surface area contributed by atoms with E-state index in [0.717, 1.165) is 67.8 Å². The first-order chi connectivity index (χ1) is 29.6. The van der Waals surface area contributed by atoms with Crippen molar-refractivity contribution in [3.63, 3.8) is 0 Å². The Morgan fingerprint density at radius 3 is 1.95 bits per heavy atom. The Hall–Kier alpha value is -6.35. The monoisotopic (exact) mass is 987 g/mol. The first-order valence-corrected chi connectivity index (χ1v) is 21.3. The van der Waals surface area contributed by atoms with Gasteiger partial charge in [0.2, 0.25) is 0 Å². The van der Waals surface area contributed by atoms with Crippen LogP contribution in [0.3, 0.4) is 0 Å². The van der Waals surface area contributed by atoms with E-state index in [-0.39, 0.29) is 32.7 Å². The molecule has 62 heavy (non-hydrogen) atoms. The number of phenolic OH excluding ortho intramolecular Hbond substituents is 1. The Morgan fingerprint density at radius 2 is 1.26 bits per heavy atom. The molecule has 0 aliphatic carbocycles. The van der Waals surface area contributed by atoms with E-state index in [9.17, 15) is 5.11 Å². The van der Waals surface area contributed by atoms with Crippen molar-refractivity contribution in [2.45, 2.75) is 53.9 Å². The second kappa shape index (κ2) is 17.9. The van der Waals surface area contributed by atoms with Crippen molar-refractivity contribution < 1.29 is 26.2 Å². The van der Waals surface area contributed by atoms with Crippen molar-refractivity contribution in [3.8, 4) is 78.6 Å². The molecule has 0 saturated heterocycles. The minimum atomic E-state index is 0. The third kappa shape index (κ3) is 8.45. The van der Waals surface area contributed by atoms with Crippen LogP contribution in [-0.4, -0.2) is 19.6 Å². The number of aromatic nitrogens is 3. The molecule has 310 valence electrons. The maximum atomic E-state index is 11.7. The van der Waals surface area contributed by atoms with Crippen LogP contribution in [0.4, 0.5) is 0 Å². The second-order valence-electron chi connectivity index (χ2n) is 17.0. The number of aryl methyl sites for hydroxylation is 2. The van der Waals surface area contributed by atoms with Crippen LogP contribution in [0.5, 0.6) is 5.75 Å². The van der Waals surface area contributed by atoms with Crippen LogP contribution in [0, 0.1) is 25.8 Å². The summed E-state index contributed by atoms with van der Waals surface area (Å²) in [6.07, 6.45) is 2.82. The number of phenols is 1. The third-order valence-corrected chi connectivity index (χ3v) is 11.6. The van der Waals surface area contributed by atoms with Gasteiger partial charge in [0, 0.05) is 38.6 Å². The largest absolute Gasteiger partial charge is 0.507 e. The quantitative estimate of drug-likeness (QED) is 0.139. The van der Waals surface area contributed by atoms with Crippen LogP contribution in [0.2, 0.25) is 0 Å². The van der Waals surface area contributed by atoms with Gasteiger partial charge in [0.25, 0.3) is 0 Å². The maximum absolute atomic E-state index is 11.7. The predicted molar refractivity (Wildman–Crippen MR) is 254 cm³/mol. The van der Waals surface area contributed by atoms with Gasteiger partial charge in [-0.1, -0.05) is 154 Å². The molecule has 5 heteroatoms. The van der Waals surface area contributed by atoms with E-state index >= 15 is 0 Å². The van der Waals surface area contributed by atoms with E-state index < -0.39 is 0 Å². The van der Waals surface area contributed by atoms with Crippen molar-refractivity contribution >= 4 is 11.0 Å². The number of para-hydroxylation sites is 1. The average molecular weight is 988 g/mol. The smallest absolute Gasteiger partial charge is 0.148 e. The van der Waals surface area contributed by atoms with Gasteiger partial charge >= 0.3 is 0 Å². The predicted octanol–water partition coefficient (Wildman–Crippen LogP) is 14.9. The molecule has 0 atom stereocenters. The van der Waals surface area contributed by atoms with Crippen molar-refractivity contribution in [2.75, 3.05) is 0 Å². The number of fused-ring (bicyclic) bond motifs is 1. The van der Waals surface area contributed by atoms with Crippen LogP contribution in [-0.2, 0) is 27.5 Å². The minimum Gasteiger partial charge on any atom is -0.507 e. The zero-order valence-electron chi connectivity index (χ0n) is 36.1. The number of aromatic hydroxyl groups is 1. The van der Waals surface area contributed by atoms with Gasteiger partial charge in [-0.05, 0) is 113 Å². The number of hydrogen-bond donors (Lipinski definition) is 1. The van der Waals surface area contributed by atoms with Gasteiger partial charge in [0.1, 0.15) is 11.6 Å². The summed E-state index contributed by atoms with van der Waals surface area (Å²) in [6, 6.07) is 59.6. The molecule has 0 unspecified atom stereocenters. The molecular weight excluding hydrogens is 938 g/mol. The van der Waals surface area contributed by atoms with Crippen LogP contribution < -0.4 is 0 Å². The first-order valence-electron chi connectivity index (χ1n) is 21.3. The Labute approximate surface area is 380 Å². The van der Waals surface area contributed by atoms with Crippen molar-refractivity contribution in [3.05, 3.63) is 192 Å². The summed E-state index contributed by atoms with van der Waals surface area (Å²) in [5.74, 6) is 1.66. The number of imidazole rings is 1. The number of benzene rings is 7. The molecule has 9 aromatic rings. The number of hydrogen-bond acceptors (Lipinski definition) is 3. The molecule has 0 aliphatic rings. The summed E-state index contributed by atoms with van der Waals surface area (Å²) in [4.78, 5) is 10.4. The van der Waals surface area contributed by atoms with Crippen LogP contribution >= 0.6 is 0 Å². The zero-order valence-corrected chi connectivity index (χ0v) is 38.3. The molecule has 1 N–H and O–H groups in total. The van der Waals surface area contributed by atoms with E-state index in [1.54, 1.807) is 0 Å². The summed E-state index contributed by atoms with van der Waals surface area (Å²) in [7, 11) is 0. The molecule has 7 aromatic carbocycles. The van der Waals surface area contributed by atoms with Gasteiger partial charge < -0.3 is 5.11 Å². The minimum absolute atomic E-state index is 0. The molecule has 0 saturated carbocycles. The zero-order chi connectivity index (χ0) is 42.2. The van der Waals surface area contributed by atoms with Gasteiger partial charge in [-0.2, -0.15) is 0 Å². The van der Waals surface area contributed by atoms with E-state index in [4.69, 9.17) is 9.97 Å². The number of rotatable bonds is 10. The van der Waals surface area contributed by atoms with Gasteiger partial charge in [0.15, 0.2) is 0 Å².